The Morgan fingerprint density at radius 1 is 0.652 bits per heavy atom. The summed E-state index contributed by atoms with van der Waals surface area (Å²) in [7, 11) is 0. The number of unbranched alkanes of at least 4 members (excludes halogenated alkanes) is 10. The average Bonchev–Trinajstić information content (AvgIpc) is 2.58. The molecule has 0 amide bonds. The molecule has 0 spiro atoms. The second kappa shape index (κ2) is 14.4. The average molecular weight is 313 g/mol. The summed E-state index contributed by atoms with van der Waals surface area (Å²) in [5, 5.41) is 0. The van der Waals surface area contributed by atoms with E-state index in [-0.39, 0.29) is 0 Å². The molecule has 0 aliphatic carbocycles. The molecule has 0 unspecified atom stereocenters. The van der Waals surface area contributed by atoms with Gasteiger partial charge >= 0.3 is 0 Å². The number of benzene rings is 1. The van der Waals surface area contributed by atoms with Crippen LogP contribution in [0.4, 0.5) is 0 Å². The Bertz CT molecular complexity index is 407. The Hall–Kier alpha value is -1.22. The number of aryl methyl sites for hydroxylation is 2. The topological polar surface area (TPSA) is 0 Å². The van der Waals surface area contributed by atoms with Crippen LogP contribution < -0.4 is 0 Å². The van der Waals surface area contributed by atoms with Gasteiger partial charge in [0.1, 0.15) is 0 Å². The first-order valence-corrected chi connectivity index (χ1v) is 9.88. The molecule has 23 heavy (non-hydrogen) atoms. The lowest BCUT2D eigenvalue weighted by molar-refractivity contribution is 0.575. The molecule has 0 aliphatic heterocycles. The van der Waals surface area contributed by atoms with Gasteiger partial charge in [0.25, 0.3) is 0 Å². The summed E-state index contributed by atoms with van der Waals surface area (Å²) >= 11 is 0. The largest absolute Gasteiger partial charge is 0.120 e. The van der Waals surface area contributed by atoms with Crippen molar-refractivity contribution < 1.29 is 0 Å². The van der Waals surface area contributed by atoms with Gasteiger partial charge in [0.15, 0.2) is 0 Å². The summed E-state index contributed by atoms with van der Waals surface area (Å²) in [4.78, 5) is 0. The molecule has 0 bridgehead atoms. The third-order valence-corrected chi connectivity index (χ3v) is 4.63. The van der Waals surface area contributed by atoms with Gasteiger partial charge in [0.2, 0.25) is 0 Å². The summed E-state index contributed by atoms with van der Waals surface area (Å²) < 4.78 is 0. The molecule has 0 aromatic heterocycles. The van der Waals surface area contributed by atoms with Gasteiger partial charge in [0, 0.05) is 6.42 Å². The second-order valence-electron chi connectivity index (χ2n) is 6.81. The molecule has 1 aromatic rings. The lowest BCUT2D eigenvalue weighted by atomic mass is 10.0. The SMILES string of the molecule is C#CCCCCCc1ccc(CCCCCCCCCC)cc1. The molecule has 128 valence electrons. The van der Waals surface area contributed by atoms with E-state index in [1.54, 1.807) is 0 Å². The monoisotopic (exact) mass is 312 g/mol. The van der Waals surface area contributed by atoms with Crippen LogP contribution in [0, 0.1) is 12.3 Å². The minimum absolute atomic E-state index is 0.928. The Balaban J connectivity index is 2.04. The molecule has 1 aromatic carbocycles. The Morgan fingerprint density at radius 2 is 1.09 bits per heavy atom. The highest BCUT2D eigenvalue weighted by Gasteiger charge is 1.97. The normalized spacial score (nSPS) is 10.6. The molecule has 0 heterocycles. The van der Waals surface area contributed by atoms with Crippen LogP contribution in [0.25, 0.3) is 0 Å². The standard InChI is InChI=1S/C23H36/c1-3-5-7-9-10-11-13-15-17-23-20-18-22(19-21-23)16-14-12-8-6-4-2/h2,18-21H,3,5-17H2,1H3. The van der Waals surface area contributed by atoms with E-state index in [9.17, 15) is 0 Å². The summed E-state index contributed by atoms with van der Waals surface area (Å²) in [6.45, 7) is 2.28. The van der Waals surface area contributed by atoms with Gasteiger partial charge in [-0.05, 0) is 43.2 Å². The van der Waals surface area contributed by atoms with E-state index in [0.717, 1.165) is 6.42 Å². The van der Waals surface area contributed by atoms with Crippen LogP contribution in [0.5, 0.6) is 0 Å². The first-order valence-electron chi connectivity index (χ1n) is 9.88. The minimum atomic E-state index is 0.928. The summed E-state index contributed by atoms with van der Waals surface area (Å²) in [5.41, 5.74) is 2.98. The van der Waals surface area contributed by atoms with E-state index in [2.05, 4.69) is 37.1 Å². The molecule has 0 N–H and O–H groups in total. The molecule has 0 atom stereocenters. The van der Waals surface area contributed by atoms with Crippen LogP contribution in [0.15, 0.2) is 24.3 Å². The molecule has 0 radical (unpaired) electrons. The quantitative estimate of drug-likeness (QED) is 0.254. The van der Waals surface area contributed by atoms with E-state index in [0.29, 0.717) is 0 Å². The van der Waals surface area contributed by atoms with Crippen LogP contribution in [-0.4, -0.2) is 0 Å². The van der Waals surface area contributed by atoms with Crippen LogP contribution in [0.2, 0.25) is 0 Å². The zero-order chi connectivity index (χ0) is 16.6. The zero-order valence-corrected chi connectivity index (χ0v) is 15.3. The van der Waals surface area contributed by atoms with Crippen LogP contribution in [-0.2, 0) is 12.8 Å². The highest BCUT2D eigenvalue weighted by Crippen LogP contribution is 2.13. The van der Waals surface area contributed by atoms with E-state index in [4.69, 9.17) is 6.42 Å². The van der Waals surface area contributed by atoms with E-state index in [1.165, 1.54) is 94.6 Å². The molecule has 0 heteroatoms. The molecule has 0 saturated carbocycles. The highest BCUT2D eigenvalue weighted by molar-refractivity contribution is 5.22. The van der Waals surface area contributed by atoms with Crippen molar-refractivity contribution in [2.24, 2.45) is 0 Å². The molecule has 0 aliphatic rings. The van der Waals surface area contributed by atoms with Gasteiger partial charge in [-0.2, -0.15) is 0 Å². The summed E-state index contributed by atoms with van der Waals surface area (Å²) in [6.07, 6.45) is 23.5. The molecule has 0 nitrogen and oxygen atoms in total. The van der Waals surface area contributed by atoms with Crippen molar-refractivity contribution in [2.45, 2.75) is 96.8 Å². The van der Waals surface area contributed by atoms with Gasteiger partial charge in [-0.25, -0.2) is 0 Å². The van der Waals surface area contributed by atoms with Crippen molar-refractivity contribution in [1.29, 1.82) is 0 Å². The maximum Gasteiger partial charge on any atom is 0.00860 e. The predicted octanol–water partition coefficient (Wildman–Crippen LogP) is 7.11. The Labute approximate surface area is 145 Å². The Morgan fingerprint density at radius 3 is 1.57 bits per heavy atom. The maximum atomic E-state index is 5.27. The lowest BCUT2D eigenvalue weighted by Gasteiger charge is -2.05. The summed E-state index contributed by atoms with van der Waals surface area (Å²) in [5.74, 6) is 2.71. The van der Waals surface area contributed by atoms with Crippen molar-refractivity contribution in [2.75, 3.05) is 0 Å². The fourth-order valence-electron chi connectivity index (χ4n) is 3.07. The van der Waals surface area contributed by atoms with Crippen molar-refractivity contribution in [1.82, 2.24) is 0 Å². The van der Waals surface area contributed by atoms with Crippen molar-refractivity contribution in [3.05, 3.63) is 35.4 Å². The third kappa shape index (κ3) is 11.0. The third-order valence-electron chi connectivity index (χ3n) is 4.63. The molecule has 0 fully saturated rings. The summed E-state index contributed by atoms with van der Waals surface area (Å²) in [6, 6.07) is 9.30. The van der Waals surface area contributed by atoms with E-state index >= 15 is 0 Å². The van der Waals surface area contributed by atoms with E-state index in [1.807, 2.05) is 0 Å². The van der Waals surface area contributed by atoms with Gasteiger partial charge in [-0.3, -0.25) is 0 Å². The number of hydrogen-bond acceptors (Lipinski definition) is 0. The van der Waals surface area contributed by atoms with Gasteiger partial charge < -0.3 is 0 Å². The zero-order valence-electron chi connectivity index (χ0n) is 15.3. The Kier molecular flexibility index (Phi) is 12.4. The number of terminal acetylenes is 1. The molecule has 0 saturated heterocycles. The fraction of sp³-hybridized carbons (Fsp3) is 0.652. The van der Waals surface area contributed by atoms with Crippen LogP contribution >= 0.6 is 0 Å². The lowest BCUT2D eigenvalue weighted by Crippen LogP contribution is -1.90. The van der Waals surface area contributed by atoms with Crippen molar-refractivity contribution >= 4 is 0 Å². The first-order chi connectivity index (χ1) is 11.4. The smallest absolute Gasteiger partial charge is 0.00860 e. The van der Waals surface area contributed by atoms with E-state index < -0.39 is 0 Å². The first kappa shape index (κ1) is 19.8. The van der Waals surface area contributed by atoms with Gasteiger partial charge in [-0.15, -0.1) is 12.3 Å². The fourth-order valence-corrected chi connectivity index (χ4v) is 3.07. The van der Waals surface area contributed by atoms with Gasteiger partial charge in [-0.1, -0.05) is 82.6 Å². The molecular weight excluding hydrogens is 276 g/mol. The highest BCUT2D eigenvalue weighted by atomic mass is 14.0. The van der Waals surface area contributed by atoms with Crippen LogP contribution in [0.1, 0.15) is 95.1 Å². The number of hydrogen-bond donors (Lipinski definition) is 0. The van der Waals surface area contributed by atoms with Crippen molar-refractivity contribution in [3.63, 3.8) is 0 Å². The van der Waals surface area contributed by atoms with Crippen molar-refractivity contribution in [3.8, 4) is 12.3 Å². The van der Waals surface area contributed by atoms with Crippen LogP contribution in [0.3, 0.4) is 0 Å². The minimum Gasteiger partial charge on any atom is -0.120 e. The number of rotatable bonds is 14. The van der Waals surface area contributed by atoms with Gasteiger partial charge in [0.05, 0.1) is 0 Å². The second-order valence-corrected chi connectivity index (χ2v) is 6.81. The molecular formula is C23H36. The molecule has 1 rings (SSSR count). The maximum absolute atomic E-state index is 5.27. The predicted molar refractivity (Wildman–Crippen MR) is 104 cm³/mol.